The van der Waals surface area contributed by atoms with Crippen molar-refractivity contribution in [3.63, 3.8) is 0 Å². The van der Waals surface area contributed by atoms with Crippen LogP contribution in [-0.4, -0.2) is 18.2 Å². The molecule has 2 rings (SSSR count). The van der Waals surface area contributed by atoms with Gasteiger partial charge in [0.15, 0.2) is 0 Å². The van der Waals surface area contributed by atoms with Crippen LogP contribution in [0.15, 0.2) is 5.38 Å². The van der Waals surface area contributed by atoms with Gasteiger partial charge in [0.1, 0.15) is 5.15 Å². The van der Waals surface area contributed by atoms with Crippen LogP contribution in [0.4, 0.5) is 0 Å². The Hall–Kier alpha value is -0.120. The fourth-order valence-corrected chi connectivity index (χ4v) is 2.95. The van der Waals surface area contributed by atoms with Crippen molar-refractivity contribution in [2.45, 2.75) is 32.1 Å². The molecule has 1 saturated heterocycles. The molecular formula is C11H16ClNOS. The van der Waals surface area contributed by atoms with Gasteiger partial charge in [-0.15, -0.1) is 11.3 Å². The van der Waals surface area contributed by atoms with Crippen LogP contribution in [0.25, 0.3) is 0 Å². The number of hydrogen-bond donors (Lipinski definition) is 0. The van der Waals surface area contributed by atoms with Crippen molar-refractivity contribution in [1.29, 1.82) is 0 Å². The Morgan fingerprint density at radius 3 is 3.20 bits per heavy atom. The number of ether oxygens (including phenoxy) is 1. The molecule has 1 aromatic rings. The summed E-state index contributed by atoms with van der Waals surface area (Å²) in [7, 11) is 0. The molecule has 1 unspecified atom stereocenters. The van der Waals surface area contributed by atoms with E-state index in [0.29, 0.717) is 5.15 Å². The zero-order valence-electron chi connectivity index (χ0n) is 8.75. The number of halogens is 1. The highest BCUT2D eigenvalue weighted by Gasteiger charge is 2.13. The molecule has 1 atom stereocenters. The number of hydrogen-bond acceptors (Lipinski definition) is 3. The predicted octanol–water partition coefficient (Wildman–Crippen LogP) is 3.55. The molecule has 1 fully saturated rings. The lowest BCUT2D eigenvalue weighted by Gasteiger charge is -2.11. The minimum atomic E-state index is 0.638. The van der Waals surface area contributed by atoms with Gasteiger partial charge in [0, 0.05) is 18.6 Å². The largest absolute Gasteiger partial charge is 0.381 e. The molecule has 0 aromatic carbocycles. The van der Waals surface area contributed by atoms with E-state index in [1.165, 1.54) is 30.7 Å². The summed E-state index contributed by atoms with van der Waals surface area (Å²) in [4.78, 5) is 4.27. The van der Waals surface area contributed by atoms with Gasteiger partial charge in [-0.3, -0.25) is 0 Å². The maximum Gasteiger partial charge on any atom is 0.140 e. The molecule has 4 heteroatoms. The lowest BCUT2D eigenvalue weighted by Crippen LogP contribution is -2.02. The molecule has 84 valence electrons. The monoisotopic (exact) mass is 245 g/mol. The quantitative estimate of drug-likeness (QED) is 0.813. The van der Waals surface area contributed by atoms with E-state index in [0.717, 1.165) is 25.6 Å². The molecule has 0 spiro atoms. The summed E-state index contributed by atoms with van der Waals surface area (Å²) < 4.78 is 5.45. The SMILES string of the molecule is Clc1csc(CCC2CCCOCC2)n1. The summed E-state index contributed by atoms with van der Waals surface area (Å²) in [6, 6.07) is 0. The highest BCUT2D eigenvalue weighted by molar-refractivity contribution is 7.10. The fraction of sp³-hybridized carbons (Fsp3) is 0.727. The molecule has 0 radical (unpaired) electrons. The smallest absolute Gasteiger partial charge is 0.140 e. The molecule has 0 bridgehead atoms. The highest BCUT2D eigenvalue weighted by atomic mass is 35.5. The third-order valence-corrected chi connectivity index (χ3v) is 4.09. The second-order valence-electron chi connectivity index (χ2n) is 4.01. The first kappa shape index (κ1) is 11.4. The van der Waals surface area contributed by atoms with Gasteiger partial charge >= 0.3 is 0 Å². The Morgan fingerprint density at radius 1 is 1.47 bits per heavy atom. The summed E-state index contributed by atoms with van der Waals surface area (Å²) >= 11 is 7.46. The lowest BCUT2D eigenvalue weighted by molar-refractivity contribution is 0.141. The van der Waals surface area contributed by atoms with Crippen molar-refractivity contribution in [2.75, 3.05) is 13.2 Å². The van der Waals surface area contributed by atoms with Gasteiger partial charge in [-0.25, -0.2) is 4.98 Å². The molecule has 2 nitrogen and oxygen atoms in total. The van der Waals surface area contributed by atoms with E-state index in [2.05, 4.69) is 4.98 Å². The molecule has 0 saturated carbocycles. The van der Waals surface area contributed by atoms with Crippen LogP contribution in [0.1, 0.15) is 30.7 Å². The van der Waals surface area contributed by atoms with E-state index in [1.54, 1.807) is 11.3 Å². The molecule has 2 heterocycles. The van der Waals surface area contributed by atoms with Crippen LogP contribution in [0.5, 0.6) is 0 Å². The normalized spacial score (nSPS) is 22.6. The van der Waals surface area contributed by atoms with Gasteiger partial charge < -0.3 is 4.74 Å². The average Bonchev–Trinajstić information content (AvgIpc) is 2.52. The van der Waals surface area contributed by atoms with E-state index < -0.39 is 0 Å². The second-order valence-corrected chi connectivity index (χ2v) is 5.34. The van der Waals surface area contributed by atoms with Crippen LogP contribution in [-0.2, 0) is 11.2 Å². The Labute approximate surface area is 99.6 Å². The van der Waals surface area contributed by atoms with E-state index in [1.807, 2.05) is 5.38 Å². The van der Waals surface area contributed by atoms with Gasteiger partial charge in [-0.2, -0.15) is 0 Å². The van der Waals surface area contributed by atoms with Gasteiger partial charge in [0.2, 0.25) is 0 Å². The van der Waals surface area contributed by atoms with Crippen LogP contribution < -0.4 is 0 Å². The van der Waals surface area contributed by atoms with Gasteiger partial charge in [0.25, 0.3) is 0 Å². The zero-order valence-corrected chi connectivity index (χ0v) is 10.3. The van der Waals surface area contributed by atoms with Gasteiger partial charge in [-0.1, -0.05) is 11.6 Å². The van der Waals surface area contributed by atoms with Crippen molar-refractivity contribution in [1.82, 2.24) is 4.98 Å². The molecule has 1 aliphatic rings. The van der Waals surface area contributed by atoms with E-state index >= 15 is 0 Å². The first-order chi connectivity index (χ1) is 7.34. The molecule has 0 N–H and O–H groups in total. The first-order valence-electron chi connectivity index (χ1n) is 5.52. The summed E-state index contributed by atoms with van der Waals surface area (Å²) in [6.45, 7) is 1.88. The van der Waals surface area contributed by atoms with E-state index in [4.69, 9.17) is 16.3 Å². The Bertz CT molecular complexity index is 295. The Kier molecular flexibility index (Phi) is 4.42. The average molecular weight is 246 g/mol. The molecule has 15 heavy (non-hydrogen) atoms. The van der Waals surface area contributed by atoms with Crippen LogP contribution in [0.3, 0.4) is 0 Å². The standard InChI is InChI=1S/C11H16ClNOS/c12-10-8-15-11(13-10)4-3-9-2-1-6-14-7-5-9/h8-9H,1-7H2. The summed E-state index contributed by atoms with van der Waals surface area (Å²) in [5.41, 5.74) is 0. The Balaban J connectivity index is 1.76. The molecule has 0 aliphatic carbocycles. The van der Waals surface area contributed by atoms with Crippen LogP contribution in [0.2, 0.25) is 5.15 Å². The fourth-order valence-electron chi connectivity index (χ4n) is 1.99. The van der Waals surface area contributed by atoms with Crippen LogP contribution >= 0.6 is 22.9 Å². The van der Waals surface area contributed by atoms with Crippen molar-refractivity contribution >= 4 is 22.9 Å². The van der Waals surface area contributed by atoms with Gasteiger partial charge in [0.05, 0.1) is 5.01 Å². The van der Waals surface area contributed by atoms with E-state index in [-0.39, 0.29) is 0 Å². The second kappa shape index (κ2) is 5.83. The maximum absolute atomic E-state index is 5.79. The van der Waals surface area contributed by atoms with Crippen molar-refractivity contribution in [3.05, 3.63) is 15.5 Å². The minimum absolute atomic E-state index is 0.638. The van der Waals surface area contributed by atoms with Crippen molar-refractivity contribution in [3.8, 4) is 0 Å². The number of aromatic nitrogens is 1. The predicted molar refractivity (Wildman–Crippen MR) is 63.6 cm³/mol. The number of rotatable bonds is 3. The topological polar surface area (TPSA) is 22.1 Å². The third kappa shape index (κ3) is 3.74. The first-order valence-corrected chi connectivity index (χ1v) is 6.78. The number of nitrogens with zero attached hydrogens (tertiary/aromatic N) is 1. The van der Waals surface area contributed by atoms with Crippen molar-refractivity contribution in [2.24, 2.45) is 5.92 Å². The summed E-state index contributed by atoms with van der Waals surface area (Å²) in [5.74, 6) is 0.815. The zero-order chi connectivity index (χ0) is 10.5. The molecule has 1 aliphatic heterocycles. The molecular weight excluding hydrogens is 230 g/mol. The summed E-state index contributed by atoms with van der Waals surface area (Å²) in [5, 5.41) is 3.72. The van der Waals surface area contributed by atoms with Crippen molar-refractivity contribution < 1.29 is 4.74 Å². The summed E-state index contributed by atoms with van der Waals surface area (Å²) in [6.07, 6.45) is 6.02. The van der Waals surface area contributed by atoms with Crippen LogP contribution in [0, 0.1) is 5.92 Å². The molecule has 1 aromatic heterocycles. The van der Waals surface area contributed by atoms with Gasteiger partial charge in [-0.05, 0) is 38.0 Å². The third-order valence-electron chi connectivity index (χ3n) is 2.86. The number of aryl methyl sites for hydroxylation is 1. The number of thiazole rings is 1. The Morgan fingerprint density at radius 2 is 2.40 bits per heavy atom. The lowest BCUT2D eigenvalue weighted by atomic mass is 9.95. The highest BCUT2D eigenvalue weighted by Crippen LogP contribution is 2.23. The maximum atomic E-state index is 5.79. The van der Waals surface area contributed by atoms with E-state index in [9.17, 15) is 0 Å². The molecule has 0 amide bonds. The minimum Gasteiger partial charge on any atom is -0.381 e.